The van der Waals surface area contributed by atoms with Gasteiger partial charge >= 0.3 is 0 Å². The number of phenolic OH excluding ortho intramolecular Hbond substituents is 1. The molecule has 1 heterocycles. The van der Waals surface area contributed by atoms with Crippen molar-refractivity contribution in [1.29, 1.82) is 0 Å². The Balaban J connectivity index is 2.05. The molecule has 0 aliphatic heterocycles. The minimum atomic E-state index is -0.151. The van der Waals surface area contributed by atoms with E-state index in [1.807, 2.05) is 38.1 Å². The van der Waals surface area contributed by atoms with Crippen molar-refractivity contribution in [2.45, 2.75) is 20.8 Å². The molecule has 1 aromatic heterocycles. The maximum atomic E-state index is 11.6. The van der Waals surface area contributed by atoms with Crippen LogP contribution in [0.3, 0.4) is 0 Å². The molecule has 4 heteroatoms. The summed E-state index contributed by atoms with van der Waals surface area (Å²) in [6.07, 6.45) is 0. The van der Waals surface area contributed by atoms with Crippen molar-refractivity contribution >= 4 is 0 Å². The van der Waals surface area contributed by atoms with Gasteiger partial charge in [-0.3, -0.25) is 4.79 Å². The number of nitrogens with zero attached hydrogens (tertiary/aromatic N) is 1. The number of aromatic nitrogens is 2. The van der Waals surface area contributed by atoms with Gasteiger partial charge in [-0.25, -0.2) is 4.98 Å². The van der Waals surface area contributed by atoms with Gasteiger partial charge in [-0.15, -0.1) is 0 Å². The van der Waals surface area contributed by atoms with Crippen LogP contribution in [-0.2, 0) is 0 Å². The summed E-state index contributed by atoms with van der Waals surface area (Å²) in [6, 6.07) is 12.9. The van der Waals surface area contributed by atoms with E-state index in [2.05, 4.69) is 9.97 Å². The van der Waals surface area contributed by atoms with E-state index in [-0.39, 0.29) is 11.3 Å². The zero-order chi connectivity index (χ0) is 16.6. The first kappa shape index (κ1) is 15.0. The summed E-state index contributed by atoms with van der Waals surface area (Å²) in [5.41, 5.74) is 5.64. The summed E-state index contributed by atoms with van der Waals surface area (Å²) in [5, 5.41) is 9.67. The first-order valence-electron chi connectivity index (χ1n) is 7.43. The van der Waals surface area contributed by atoms with Gasteiger partial charge < -0.3 is 10.1 Å². The van der Waals surface area contributed by atoms with Crippen LogP contribution in [0.25, 0.3) is 22.5 Å². The van der Waals surface area contributed by atoms with Gasteiger partial charge in [-0.1, -0.05) is 24.3 Å². The Morgan fingerprint density at radius 3 is 2.04 bits per heavy atom. The molecular formula is C19H18N2O2. The highest BCUT2D eigenvalue weighted by atomic mass is 16.3. The zero-order valence-electron chi connectivity index (χ0n) is 13.3. The number of nitrogens with one attached hydrogen (secondary N) is 1. The summed E-state index contributed by atoms with van der Waals surface area (Å²) in [4.78, 5) is 18.7. The van der Waals surface area contributed by atoms with Crippen LogP contribution in [0, 0.1) is 20.8 Å². The lowest BCUT2D eigenvalue weighted by atomic mass is 9.94. The molecule has 0 unspecified atom stereocenters. The molecule has 0 radical (unpaired) electrons. The summed E-state index contributed by atoms with van der Waals surface area (Å²) in [5.74, 6) is 0.850. The lowest BCUT2D eigenvalue weighted by molar-refractivity contribution is 0.474. The summed E-state index contributed by atoms with van der Waals surface area (Å²) < 4.78 is 0. The van der Waals surface area contributed by atoms with Crippen molar-refractivity contribution < 1.29 is 5.11 Å². The maximum Gasteiger partial charge on any atom is 0.251 e. The van der Waals surface area contributed by atoms with Gasteiger partial charge in [0.25, 0.3) is 5.56 Å². The Morgan fingerprint density at radius 1 is 0.913 bits per heavy atom. The van der Waals surface area contributed by atoms with E-state index in [0.717, 1.165) is 27.8 Å². The summed E-state index contributed by atoms with van der Waals surface area (Å²) in [6.45, 7) is 5.77. The standard InChI is InChI=1S/C19H18N2O2/c1-11-8-16(22)9-12(2)18(11)14-4-6-15(7-5-14)19-20-13(3)10-17(23)21-19/h4-10,22H,1-3H3,(H,20,21,23). The molecule has 2 N–H and O–H groups in total. The first-order valence-corrected chi connectivity index (χ1v) is 7.43. The average Bonchev–Trinajstić information content (AvgIpc) is 2.46. The number of aromatic amines is 1. The molecule has 116 valence electrons. The van der Waals surface area contributed by atoms with E-state index in [1.54, 1.807) is 19.1 Å². The molecule has 0 amide bonds. The number of H-pyrrole nitrogens is 1. The van der Waals surface area contributed by atoms with E-state index >= 15 is 0 Å². The minimum absolute atomic E-state index is 0.151. The van der Waals surface area contributed by atoms with Crippen molar-refractivity contribution in [1.82, 2.24) is 9.97 Å². The van der Waals surface area contributed by atoms with E-state index in [4.69, 9.17) is 0 Å². The Morgan fingerprint density at radius 2 is 1.48 bits per heavy atom. The van der Waals surface area contributed by atoms with Crippen LogP contribution in [-0.4, -0.2) is 15.1 Å². The van der Waals surface area contributed by atoms with Gasteiger partial charge in [-0.05, 0) is 55.2 Å². The quantitative estimate of drug-likeness (QED) is 0.758. The Labute approximate surface area is 134 Å². The van der Waals surface area contributed by atoms with E-state index in [0.29, 0.717) is 11.5 Å². The molecular weight excluding hydrogens is 288 g/mol. The topological polar surface area (TPSA) is 66.0 Å². The Bertz CT molecular complexity index is 902. The molecule has 3 rings (SSSR count). The fourth-order valence-corrected chi connectivity index (χ4v) is 2.91. The number of benzene rings is 2. The maximum absolute atomic E-state index is 11.6. The van der Waals surface area contributed by atoms with Crippen LogP contribution < -0.4 is 5.56 Å². The second-order valence-corrected chi connectivity index (χ2v) is 5.77. The number of hydrogen-bond donors (Lipinski definition) is 2. The van der Waals surface area contributed by atoms with Crippen molar-refractivity contribution in [3.8, 4) is 28.3 Å². The van der Waals surface area contributed by atoms with Gasteiger partial charge in [0.1, 0.15) is 11.6 Å². The molecule has 0 aliphatic carbocycles. The normalized spacial score (nSPS) is 10.7. The van der Waals surface area contributed by atoms with Crippen LogP contribution in [0.5, 0.6) is 5.75 Å². The number of aromatic hydroxyl groups is 1. The molecule has 23 heavy (non-hydrogen) atoms. The molecule has 0 atom stereocenters. The number of rotatable bonds is 2. The van der Waals surface area contributed by atoms with E-state index < -0.39 is 0 Å². The molecule has 0 saturated carbocycles. The third-order valence-corrected chi connectivity index (χ3v) is 3.83. The fourth-order valence-electron chi connectivity index (χ4n) is 2.91. The van der Waals surface area contributed by atoms with Crippen molar-refractivity contribution in [3.05, 3.63) is 69.6 Å². The highest BCUT2D eigenvalue weighted by Crippen LogP contribution is 2.31. The molecule has 0 spiro atoms. The van der Waals surface area contributed by atoms with Gasteiger partial charge in [0.05, 0.1) is 0 Å². The second-order valence-electron chi connectivity index (χ2n) is 5.77. The van der Waals surface area contributed by atoms with Crippen molar-refractivity contribution in [2.24, 2.45) is 0 Å². The van der Waals surface area contributed by atoms with Gasteiger partial charge in [-0.2, -0.15) is 0 Å². The van der Waals surface area contributed by atoms with Crippen molar-refractivity contribution in [2.75, 3.05) is 0 Å². The lowest BCUT2D eigenvalue weighted by Gasteiger charge is -2.11. The smallest absolute Gasteiger partial charge is 0.251 e. The molecule has 3 aromatic rings. The average molecular weight is 306 g/mol. The highest BCUT2D eigenvalue weighted by molar-refractivity contribution is 5.73. The summed E-state index contributed by atoms with van der Waals surface area (Å²) >= 11 is 0. The number of aryl methyl sites for hydroxylation is 3. The Kier molecular flexibility index (Phi) is 3.74. The Hall–Kier alpha value is -2.88. The number of phenols is 1. The third-order valence-electron chi connectivity index (χ3n) is 3.83. The molecule has 0 saturated heterocycles. The fraction of sp³-hybridized carbons (Fsp3) is 0.158. The second kappa shape index (κ2) is 5.72. The molecule has 0 fully saturated rings. The first-order chi connectivity index (χ1) is 10.9. The van der Waals surface area contributed by atoms with Gasteiger partial charge in [0.15, 0.2) is 0 Å². The predicted octanol–water partition coefficient (Wildman–Crippen LogP) is 3.73. The van der Waals surface area contributed by atoms with Crippen LogP contribution in [0.15, 0.2) is 47.3 Å². The van der Waals surface area contributed by atoms with E-state index in [1.165, 1.54) is 6.07 Å². The molecule has 4 nitrogen and oxygen atoms in total. The monoisotopic (exact) mass is 306 g/mol. The van der Waals surface area contributed by atoms with E-state index in [9.17, 15) is 9.90 Å². The SMILES string of the molecule is Cc1cc(=O)[nH]c(-c2ccc(-c3c(C)cc(O)cc3C)cc2)n1. The molecule has 0 aliphatic rings. The van der Waals surface area contributed by atoms with Gasteiger partial charge in [0.2, 0.25) is 0 Å². The zero-order valence-corrected chi connectivity index (χ0v) is 13.3. The number of hydrogen-bond acceptors (Lipinski definition) is 3. The lowest BCUT2D eigenvalue weighted by Crippen LogP contribution is -2.08. The predicted molar refractivity (Wildman–Crippen MR) is 91.6 cm³/mol. The highest BCUT2D eigenvalue weighted by Gasteiger charge is 2.08. The van der Waals surface area contributed by atoms with Crippen molar-refractivity contribution in [3.63, 3.8) is 0 Å². The van der Waals surface area contributed by atoms with Crippen LogP contribution in [0.2, 0.25) is 0 Å². The minimum Gasteiger partial charge on any atom is -0.508 e. The molecule has 2 aromatic carbocycles. The van der Waals surface area contributed by atoms with Gasteiger partial charge in [0, 0.05) is 17.3 Å². The van der Waals surface area contributed by atoms with Crippen LogP contribution in [0.4, 0.5) is 0 Å². The van der Waals surface area contributed by atoms with Crippen LogP contribution in [0.1, 0.15) is 16.8 Å². The van der Waals surface area contributed by atoms with Crippen LogP contribution >= 0.6 is 0 Å². The third kappa shape index (κ3) is 3.01. The summed E-state index contributed by atoms with van der Waals surface area (Å²) in [7, 11) is 0. The molecule has 0 bridgehead atoms. The largest absolute Gasteiger partial charge is 0.508 e.